The average Bonchev–Trinajstić information content (AvgIpc) is 2.73. The van der Waals surface area contributed by atoms with Crippen molar-refractivity contribution in [1.82, 2.24) is 0 Å². The zero-order valence-corrected chi connectivity index (χ0v) is 19.7. The molecule has 7 nitrogen and oxygen atoms in total. The smallest absolute Gasteiger partial charge is 0.362 e. The van der Waals surface area contributed by atoms with Gasteiger partial charge in [0.2, 0.25) is 0 Å². The predicted molar refractivity (Wildman–Crippen MR) is 123 cm³/mol. The van der Waals surface area contributed by atoms with Crippen molar-refractivity contribution in [3.8, 4) is 0 Å². The number of likely N-dealkylation sites (N-methyl/N-ethyl adjacent to an activating group) is 1. The molecule has 2 rings (SSSR count). The number of carbonyl (C=O) groups excluding carboxylic acids is 3. The van der Waals surface area contributed by atoms with Gasteiger partial charge in [-0.1, -0.05) is 36.4 Å². The minimum absolute atomic E-state index is 0.0268. The molecule has 2 aromatic rings. The minimum Gasteiger partial charge on any atom is -0.462 e. The first-order chi connectivity index (χ1) is 15.0. The predicted octanol–water partition coefficient (Wildman–Crippen LogP) is 3.63. The molecule has 0 aliphatic heterocycles. The van der Waals surface area contributed by atoms with Crippen LogP contribution in [0.4, 0.5) is 5.69 Å². The van der Waals surface area contributed by atoms with Crippen LogP contribution in [0.3, 0.4) is 0 Å². The van der Waals surface area contributed by atoms with Gasteiger partial charge >= 0.3 is 11.9 Å². The SMILES string of the molecule is CCOC(=O)c1cc(C)cc(C)c1NC(=O)C(C)[N+](C)(C)CC(=O)OCc1ccccc1. The molecule has 2 aromatic carbocycles. The highest BCUT2D eigenvalue weighted by Crippen LogP contribution is 2.25. The van der Waals surface area contributed by atoms with Crippen molar-refractivity contribution in [3.63, 3.8) is 0 Å². The molecule has 7 heteroatoms. The Hall–Kier alpha value is -3.19. The second-order valence-corrected chi connectivity index (χ2v) is 8.47. The van der Waals surface area contributed by atoms with E-state index in [1.807, 2.05) is 50.2 Å². The number of benzene rings is 2. The molecular formula is C25H33N2O5+. The highest BCUT2D eigenvalue weighted by atomic mass is 16.5. The molecule has 1 atom stereocenters. The van der Waals surface area contributed by atoms with E-state index in [2.05, 4.69) is 5.32 Å². The summed E-state index contributed by atoms with van der Waals surface area (Å²) in [5.74, 6) is -1.18. The zero-order chi connectivity index (χ0) is 23.9. The van der Waals surface area contributed by atoms with Gasteiger partial charge in [-0.3, -0.25) is 4.79 Å². The molecule has 1 unspecified atom stereocenters. The largest absolute Gasteiger partial charge is 0.462 e. The molecule has 0 heterocycles. The number of esters is 2. The fourth-order valence-corrected chi connectivity index (χ4v) is 3.30. The molecule has 0 radical (unpaired) electrons. The van der Waals surface area contributed by atoms with E-state index in [1.54, 1.807) is 34.0 Å². The van der Waals surface area contributed by atoms with Crippen LogP contribution >= 0.6 is 0 Å². The van der Waals surface area contributed by atoms with Crippen LogP contribution in [0.1, 0.15) is 40.9 Å². The van der Waals surface area contributed by atoms with Crippen LogP contribution in [0, 0.1) is 13.8 Å². The number of quaternary nitrogens is 1. The van der Waals surface area contributed by atoms with Crippen molar-refractivity contribution in [2.24, 2.45) is 0 Å². The number of ether oxygens (including phenoxy) is 2. The standard InChI is InChI=1S/C25H32N2O5/c1-7-31-25(30)21-14-17(2)13-18(3)23(21)26-24(29)19(4)27(5,6)15-22(28)32-16-20-11-9-8-10-12-20/h8-14,19H,7,15-16H2,1-6H3/p+1. The first-order valence-corrected chi connectivity index (χ1v) is 10.7. The molecular weight excluding hydrogens is 408 g/mol. The zero-order valence-electron chi connectivity index (χ0n) is 19.7. The number of aryl methyl sites for hydroxylation is 2. The van der Waals surface area contributed by atoms with E-state index in [0.29, 0.717) is 11.3 Å². The fraction of sp³-hybridized carbons (Fsp3) is 0.400. The summed E-state index contributed by atoms with van der Waals surface area (Å²) in [4.78, 5) is 37.9. The van der Waals surface area contributed by atoms with E-state index in [1.165, 1.54) is 0 Å². The van der Waals surface area contributed by atoms with E-state index in [9.17, 15) is 14.4 Å². The molecule has 0 saturated carbocycles. The third kappa shape index (κ3) is 6.65. The highest BCUT2D eigenvalue weighted by Gasteiger charge is 2.34. The van der Waals surface area contributed by atoms with Gasteiger partial charge in [0.25, 0.3) is 5.91 Å². The van der Waals surface area contributed by atoms with Crippen molar-refractivity contribution < 1.29 is 28.3 Å². The van der Waals surface area contributed by atoms with Gasteiger partial charge < -0.3 is 19.3 Å². The highest BCUT2D eigenvalue weighted by molar-refractivity contribution is 6.03. The molecule has 1 amide bonds. The Balaban J connectivity index is 2.09. The number of hydrogen-bond donors (Lipinski definition) is 1. The number of amides is 1. The Morgan fingerprint density at radius 2 is 1.69 bits per heavy atom. The van der Waals surface area contributed by atoms with Gasteiger partial charge in [0, 0.05) is 0 Å². The van der Waals surface area contributed by atoms with Crippen LogP contribution in [-0.4, -0.2) is 55.6 Å². The number of nitrogens with zero attached hydrogens (tertiary/aromatic N) is 1. The summed E-state index contributed by atoms with van der Waals surface area (Å²) >= 11 is 0. The normalized spacial score (nSPS) is 12.1. The molecule has 1 N–H and O–H groups in total. The third-order valence-electron chi connectivity index (χ3n) is 5.43. The number of carbonyl (C=O) groups is 3. The monoisotopic (exact) mass is 441 g/mol. The molecule has 0 aromatic heterocycles. The number of rotatable bonds is 9. The van der Waals surface area contributed by atoms with Crippen LogP contribution in [0.5, 0.6) is 0 Å². The van der Waals surface area contributed by atoms with E-state index in [0.717, 1.165) is 16.7 Å². The van der Waals surface area contributed by atoms with Crippen LogP contribution < -0.4 is 5.32 Å². The molecule has 0 saturated heterocycles. The maximum atomic E-state index is 13.1. The van der Waals surface area contributed by atoms with Gasteiger partial charge in [0.1, 0.15) is 6.61 Å². The van der Waals surface area contributed by atoms with Gasteiger partial charge in [0.05, 0.1) is 32.0 Å². The van der Waals surface area contributed by atoms with Crippen LogP contribution in [0.2, 0.25) is 0 Å². The molecule has 0 aliphatic carbocycles. The molecule has 32 heavy (non-hydrogen) atoms. The van der Waals surface area contributed by atoms with Gasteiger partial charge in [0.15, 0.2) is 12.6 Å². The van der Waals surface area contributed by atoms with E-state index < -0.39 is 18.0 Å². The first-order valence-electron chi connectivity index (χ1n) is 10.7. The second kappa shape index (κ2) is 10.9. The maximum absolute atomic E-state index is 13.1. The lowest BCUT2D eigenvalue weighted by atomic mass is 10.0. The summed E-state index contributed by atoms with van der Waals surface area (Å²) in [6.45, 7) is 7.64. The van der Waals surface area contributed by atoms with Crippen molar-refractivity contribution in [3.05, 3.63) is 64.7 Å². The van der Waals surface area contributed by atoms with E-state index in [4.69, 9.17) is 9.47 Å². The third-order valence-corrected chi connectivity index (χ3v) is 5.43. The lowest BCUT2D eigenvalue weighted by Crippen LogP contribution is -2.55. The summed E-state index contributed by atoms with van der Waals surface area (Å²) < 4.78 is 10.6. The van der Waals surface area contributed by atoms with Crippen molar-refractivity contribution in [2.45, 2.75) is 40.3 Å². The van der Waals surface area contributed by atoms with Gasteiger partial charge in [-0.05, 0) is 50.5 Å². The molecule has 0 aliphatic rings. The molecule has 172 valence electrons. The van der Waals surface area contributed by atoms with E-state index in [-0.39, 0.29) is 30.1 Å². The Morgan fingerprint density at radius 1 is 1.03 bits per heavy atom. The number of anilines is 1. The fourth-order valence-electron chi connectivity index (χ4n) is 3.30. The average molecular weight is 442 g/mol. The maximum Gasteiger partial charge on any atom is 0.362 e. The Morgan fingerprint density at radius 3 is 2.31 bits per heavy atom. The Labute approximate surface area is 189 Å². The van der Waals surface area contributed by atoms with Gasteiger partial charge in [-0.25, -0.2) is 9.59 Å². The topological polar surface area (TPSA) is 81.7 Å². The second-order valence-electron chi connectivity index (χ2n) is 8.47. The Kier molecular flexibility index (Phi) is 8.55. The number of nitrogens with one attached hydrogen (secondary N) is 1. The van der Waals surface area contributed by atoms with Crippen LogP contribution in [0.25, 0.3) is 0 Å². The Bertz CT molecular complexity index is 970. The van der Waals surface area contributed by atoms with Gasteiger partial charge in [-0.15, -0.1) is 0 Å². The number of hydrogen-bond acceptors (Lipinski definition) is 5. The minimum atomic E-state index is -0.574. The summed E-state index contributed by atoms with van der Waals surface area (Å²) in [6, 6.07) is 12.4. The summed E-state index contributed by atoms with van der Waals surface area (Å²) in [6.07, 6.45) is 0. The van der Waals surface area contributed by atoms with Crippen molar-refractivity contribution in [2.75, 3.05) is 32.6 Å². The van der Waals surface area contributed by atoms with Crippen molar-refractivity contribution >= 4 is 23.5 Å². The van der Waals surface area contributed by atoms with Crippen molar-refractivity contribution in [1.29, 1.82) is 0 Å². The summed E-state index contributed by atoms with van der Waals surface area (Å²) in [5.41, 5.74) is 3.31. The van der Waals surface area contributed by atoms with Crippen LogP contribution in [0.15, 0.2) is 42.5 Å². The summed E-state index contributed by atoms with van der Waals surface area (Å²) in [5, 5.41) is 2.87. The lowest BCUT2D eigenvalue weighted by molar-refractivity contribution is -0.896. The van der Waals surface area contributed by atoms with Crippen LogP contribution in [-0.2, 0) is 25.7 Å². The molecule has 0 spiro atoms. The van der Waals surface area contributed by atoms with E-state index >= 15 is 0 Å². The molecule has 0 bridgehead atoms. The molecule has 0 fully saturated rings. The quantitative estimate of drug-likeness (QED) is 0.475. The summed E-state index contributed by atoms with van der Waals surface area (Å²) in [7, 11) is 3.59. The first kappa shape index (κ1) is 25.1. The van der Waals surface area contributed by atoms with Gasteiger partial charge in [-0.2, -0.15) is 0 Å². The lowest BCUT2D eigenvalue weighted by Gasteiger charge is -2.34.